The average molecular weight is 154 g/mol. The fourth-order valence-electron chi connectivity index (χ4n) is 2.47. The van der Waals surface area contributed by atoms with Crippen molar-refractivity contribution in [2.75, 3.05) is 13.1 Å². The summed E-state index contributed by atoms with van der Waals surface area (Å²) < 4.78 is 0. The molecule has 2 aliphatic rings. The van der Waals surface area contributed by atoms with Crippen molar-refractivity contribution in [3.63, 3.8) is 0 Å². The van der Waals surface area contributed by atoms with Gasteiger partial charge in [0.25, 0.3) is 0 Å². The fraction of sp³-hybridized carbons (Fsp3) is 1.00. The van der Waals surface area contributed by atoms with Gasteiger partial charge in [0.2, 0.25) is 0 Å². The van der Waals surface area contributed by atoms with Crippen molar-refractivity contribution in [3.8, 4) is 0 Å². The monoisotopic (exact) mass is 154 g/mol. The van der Waals surface area contributed by atoms with Crippen LogP contribution in [0.5, 0.6) is 0 Å². The minimum Gasteiger partial charge on any atom is -0.260 e. The third kappa shape index (κ3) is 1.37. The van der Waals surface area contributed by atoms with Gasteiger partial charge < -0.3 is 0 Å². The summed E-state index contributed by atoms with van der Waals surface area (Å²) >= 11 is 0. The Balaban J connectivity index is 1.99. The Bertz CT molecular complexity index is 148. The van der Waals surface area contributed by atoms with Crippen LogP contribution in [-0.2, 0) is 0 Å². The second-order valence-electron chi connectivity index (χ2n) is 3.85. The third-order valence-electron chi connectivity index (χ3n) is 2.94. The van der Waals surface area contributed by atoms with E-state index in [0.29, 0.717) is 0 Å². The van der Waals surface area contributed by atoms with E-state index in [2.05, 4.69) is 5.29 Å². The molecule has 0 spiro atoms. The first-order valence-electron chi connectivity index (χ1n) is 4.46. The van der Waals surface area contributed by atoms with Gasteiger partial charge >= 0.3 is 0 Å². The number of fused-ring (bicyclic) bond motifs is 2. The third-order valence-corrected chi connectivity index (χ3v) is 2.94. The van der Waals surface area contributed by atoms with Gasteiger partial charge in [0.1, 0.15) is 0 Å². The van der Waals surface area contributed by atoms with E-state index in [1.54, 1.807) is 5.01 Å². The summed E-state index contributed by atoms with van der Waals surface area (Å²) in [6.07, 6.45) is 5.32. The van der Waals surface area contributed by atoms with E-state index in [1.165, 1.54) is 25.7 Å². The fourth-order valence-corrected chi connectivity index (χ4v) is 2.47. The van der Waals surface area contributed by atoms with E-state index in [9.17, 15) is 4.91 Å². The minimum atomic E-state index is 0.764. The van der Waals surface area contributed by atoms with E-state index in [1.807, 2.05) is 0 Å². The maximum atomic E-state index is 10.3. The molecule has 0 radical (unpaired) electrons. The number of rotatable bonds is 1. The quantitative estimate of drug-likeness (QED) is 0.539. The highest BCUT2D eigenvalue weighted by Crippen LogP contribution is 2.34. The second-order valence-corrected chi connectivity index (χ2v) is 3.85. The lowest BCUT2D eigenvalue weighted by molar-refractivity contribution is 0.0875. The molecule has 1 aliphatic heterocycles. The number of nitroso groups, excluding NO2 is 1. The molecule has 0 aromatic carbocycles. The van der Waals surface area contributed by atoms with Crippen LogP contribution in [0.1, 0.15) is 25.7 Å². The lowest BCUT2D eigenvalue weighted by Gasteiger charge is -2.38. The summed E-state index contributed by atoms with van der Waals surface area (Å²) in [4.78, 5) is 10.3. The van der Waals surface area contributed by atoms with Crippen molar-refractivity contribution in [2.24, 2.45) is 17.1 Å². The molecule has 0 aromatic heterocycles. The van der Waals surface area contributed by atoms with Crippen molar-refractivity contribution in [1.82, 2.24) is 5.01 Å². The van der Waals surface area contributed by atoms with Crippen LogP contribution in [0.3, 0.4) is 0 Å². The molecule has 3 nitrogen and oxygen atoms in total. The van der Waals surface area contributed by atoms with Gasteiger partial charge in [0.15, 0.2) is 0 Å². The van der Waals surface area contributed by atoms with Crippen molar-refractivity contribution in [1.29, 1.82) is 0 Å². The Morgan fingerprint density at radius 2 is 1.82 bits per heavy atom. The first-order valence-corrected chi connectivity index (χ1v) is 4.46. The molecular weight excluding hydrogens is 140 g/mol. The summed E-state index contributed by atoms with van der Waals surface area (Å²) in [5.74, 6) is 1.53. The SMILES string of the molecule is O=NN1C[C@@H]2CCC[C@@H](C2)C1. The highest BCUT2D eigenvalue weighted by Gasteiger charge is 2.30. The normalized spacial score (nSPS) is 36.9. The standard InChI is InChI=1S/C8H14N2O/c11-9-10-5-7-2-1-3-8(4-7)6-10/h7-8H,1-6H2/t7-,8+. The lowest BCUT2D eigenvalue weighted by atomic mass is 9.78. The Morgan fingerprint density at radius 1 is 1.18 bits per heavy atom. The molecule has 0 amide bonds. The van der Waals surface area contributed by atoms with Gasteiger partial charge in [-0.15, -0.1) is 4.91 Å². The van der Waals surface area contributed by atoms with Crippen LogP contribution in [-0.4, -0.2) is 18.1 Å². The van der Waals surface area contributed by atoms with Gasteiger partial charge in [0, 0.05) is 13.1 Å². The zero-order chi connectivity index (χ0) is 7.68. The molecular formula is C8H14N2O. The first kappa shape index (κ1) is 7.07. The molecule has 1 aliphatic carbocycles. The zero-order valence-electron chi connectivity index (χ0n) is 6.70. The van der Waals surface area contributed by atoms with Gasteiger partial charge in [-0.05, 0) is 31.1 Å². The molecule has 2 fully saturated rings. The summed E-state index contributed by atoms with van der Waals surface area (Å²) in [5.41, 5.74) is 0. The van der Waals surface area contributed by atoms with Crippen LogP contribution in [0.2, 0.25) is 0 Å². The lowest BCUT2D eigenvalue weighted by Crippen LogP contribution is -2.39. The second kappa shape index (κ2) is 2.80. The topological polar surface area (TPSA) is 32.7 Å². The molecule has 0 aromatic rings. The van der Waals surface area contributed by atoms with Crippen LogP contribution in [0.15, 0.2) is 5.29 Å². The number of piperidine rings is 1. The van der Waals surface area contributed by atoms with Crippen molar-refractivity contribution in [2.45, 2.75) is 25.7 Å². The van der Waals surface area contributed by atoms with Crippen molar-refractivity contribution in [3.05, 3.63) is 4.91 Å². The van der Waals surface area contributed by atoms with E-state index >= 15 is 0 Å². The highest BCUT2D eigenvalue weighted by molar-refractivity contribution is 4.81. The van der Waals surface area contributed by atoms with E-state index in [4.69, 9.17) is 0 Å². The van der Waals surface area contributed by atoms with Crippen LogP contribution >= 0.6 is 0 Å². The predicted octanol–water partition coefficient (Wildman–Crippen LogP) is 1.79. The van der Waals surface area contributed by atoms with Gasteiger partial charge in [-0.2, -0.15) is 0 Å². The van der Waals surface area contributed by atoms with Gasteiger partial charge in [-0.1, -0.05) is 6.42 Å². The van der Waals surface area contributed by atoms with Crippen molar-refractivity contribution < 1.29 is 0 Å². The summed E-state index contributed by atoms with van der Waals surface area (Å²) in [7, 11) is 0. The molecule has 0 N–H and O–H groups in total. The Hall–Kier alpha value is -0.600. The van der Waals surface area contributed by atoms with Crippen molar-refractivity contribution >= 4 is 0 Å². The molecule has 1 saturated carbocycles. The van der Waals surface area contributed by atoms with Crippen LogP contribution in [0.25, 0.3) is 0 Å². The average Bonchev–Trinajstić information content (AvgIpc) is 2.03. The van der Waals surface area contributed by atoms with Gasteiger partial charge in [0.05, 0.1) is 5.29 Å². The highest BCUT2D eigenvalue weighted by atomic mass is 16.3. The molecule has 2 bridgehead atoms. The predicted molar refractivity (Wildman–Crippen MR) is 42.8 cm³/mol. The summed E-state index contributed by atoms with van der Waals surface area (Å²) in [6, 6.07) is 0. The largest absolute Gasteiger partial charge is 0.260 e. The molecule has 3 heteroatoms. The molecule has 2 rings (SSSR count). The van der Waals surface area contributed by atoms with Crippen LogP contribution in [0.4, 0.5) is 0 Å². The smallest absolute Gasteiger partial charge is 0.0524 e. The van der Waals surface area contributed by atoms with Gasteiger partial charge in [-0.3, -0.25) is 5.01 Å². The van der Waals surface area contributed by atoms with Gasteiger partial charge in [-0.25, -0.2) is 0 Å². The molecule has 0 unspecified atom stereocenters. The summed E-state index contributed by atoms with van der Waals surface area (Å²) in [5, 5.41) is 4.72. The Morgan fingerprint density at radius 3 is 2.36 bits per heavy atom. The summed E-state index contributed by atoms with van der Waals surface area (Å²) in [6.45, 7) is 1.83. The zero-order valence-corrected chi connectivity index (χ0v) is 6.70. The molecule has 1 saturated heterocycles. The first-order chi connectivity index (χ1) is 5.38. The number of nitrogens with zero attached hydrogens (tertiary/aromatic N) is 2. The van der Waals surface area contributed by atoms with Crippen LogP contribution in [0, 0.1) is 16.7 Å². The maximum absolute atomic E-state index is 10.3. The Kier molecular flexibility index (Phi) is 1.80. The number of hydrogen-bond donors (Lipinski definition) is 0. The van der Waals surface area contributed by atoms with E-state index < -0.39 is 0 Å². The molecule has 11 heavy (non-hydrogen) atoms. The number of hydrogen-bond acceptors (Lipinski definition) is 2. The molecule has 2 atom stereocenters. The molecule has 62 valence electrons. The van der Waals surface area contributed by atoms with Crippen LogP contribution < -0.4 is 0 Å². The molecule has 1 heterocycles. The van der Waals surface area contributed by atoms with E-state index in [-0.39, 0.29) is 0 Å². The maximum Gasteiger partial charge on any atom is 0.0524 e. The Labute approximate surface area is 66.7 Å². The van der Waals surface area contributed by atoms with E-state index in [0.717, 1.165) is 24.9 Å². The minimum absolute atomic E-state index is 0.764.